The predicted octanol–water partition coefficient (Wildman–Crippen LogP) is 0.699. The monoisotopic (exact) mass is 315 g/mol. The van der Waals surface area contributed by atoms with Gasteiger partial charge in [-0.3, -0.25) is 14.3 Å². The lowest BCUT2D eigenvalue weighted by Crippen LogP contribution is -2.33. The van der Waals surface area contributed by atoms with Crippen molar-refractivity contribution in [2.24, 2.45) is 7.05 Å². The van der Waals surface area contributed by atoms with Crippen molar-refractivity contribution in [1.82, 2.24) is 24.6 Å². The Kier molecular flexibility index (Phi) is 3.88. The number of hydrogen-bond acceptors (Lipinski definition) is 4. The Bertz CT molecular complexity index is 918. The van der Waals surface area contributed by atoms with Crippen molar-refractivity contribution >= 4 is 16.8 Å². The van der Waals surface area contributed by atoms with Crippen molar-refractivity contribution in [2.75, 3.05) is 6.54 Å². The summed E-state index contributed by atoms with van der Waals surface area (Å²) in [4.78, 5) is 28.4. The lowest BCUT2D eigenvalue weighted by Gasteiger charge is -2.09. The maximum absolute atomic E-state index is 13.4. The molecule has 23 heavy (non-hydrogen) atoms. The summed E-state index contributed by atoms with van der Waals surface area (Å²) in [6, 6.07) is 3.82. The van der Waals surface area contributed by atoms with Crippen LogP contribution < -0.4 is 10.7 Å². The van der Waals surface area contributed by atoms with Crippen LogP contribution in [0.5, 0.6) is 0 Å². The molecule has 0 aliphatic rings. The first kappa shape index (κ1) is 14.9. The number of imidazole rings is 1. The average Bonchev–Trinajstić information content (AvgIpc) is 3.04. The van der Waals surface area contributed by atoms with Crippen molar-refractivity contribution in [2.45, 2.75) is 6.54 Å². The Hall–Kier alpha value is -3.03. The molecule has 0 unspecified atom stereocenters. The van der Waals surface area contributed by atoms with Crippen molar-refractivity contribution in [1.29, 1.82) is 0 Å². The molecule has 0 aliphatic heterocycles. The van der Waals surface area contributed by atoms with Gasteiger partial charge in [0.25, 0.3) is 5.91 Å². The molecule has 3 aromatic rings. The molecule has 0 atom stereocenters. The molecule has 7 nitrogen and oxygen atoms in total. The van der Waals surface area contributed by atoms with Crippen LogP contribution in [0.1, 0.15) is 10.5 Å². The summed E-state index contributed by atoms with van der Waals surface area (Å²) in [6.07, 6.45) is 5.03. The quantitative estimate of drug-likeness (QED) is 0.768. The third kappa shape index (κ3) is 2.96. The molecule has 0 spiro atoms. The highest BCUT2D eigenvalue weighted by Crippen LogP contribution is 2.10. The number of carbonyl (C=O) groups excluding carboxylic acids is 1. The average molecular weight is 315 g/mol. The lowest BCUT2D eigenvalue weighted by atomic mass is 10.2. The van der Waals surface area contributed by atoms with Gasteiger partial charge in [0.15, 0.2) is 5.69 Å². The van der Waals surface area contributed by atoms with Gasteiger partial charge in [-0.2, -0.15) is 5.10 Å². The van der Waals surface area contributed by atoms with E-state index in [9.17, 15) is 14.0 Å². The van der Waals surface area contributed by atoms with Gasteiger partial charge in [0, 0.05) is 32.5 Å². The van der Waals surface area contributed by atoms with E-state index in [1.54, 1.807) is 30.3 Å². The minimum Gasteiger partial charge on any atom is -0.349 e. The van der Waals surface area contributed by atoms with Gasteiger partial charge in [0.05, 0.1) is 17.2 Å². The second-order valence-electron chi connectivity index (χ2n) is 5.02. The minimum atomic E-state index is -0.586. The summed E-state index contributed by atoms with van der Waals surface area (Å²) in [5.41, 5.74) is -0.375. The second kappa shape index (κ2) is 5.99. The maximum atomic E-state index is 13.4. The van der Waals surface area contributed by atoms with Crippen LogP contribution in [0, 0.1) is 5.82 Å². The molecule has 0 saturated heterocycles. The van der Waals surface area contributed by atoms with E-state index in [1.165, 1.54) is 16.8 Å². The summed E-state index contributed by atoms with van der Waals surface area (Å²) in [5.74, 6) is -1.12. The van der Waals surface area contributed by atoms with Crippen molar-refractivity contribution < 1.29 is 9.18 Å². The first-order valence-corrected chi connectivity index (χ1v) is 6.97. The molecule has 0 saturated carbocycles. The van der Waals surface area contributed by atoms with Crippen molar-refractivity contribution in [3.8, 4) is 0 Å². The molecule has 1 amide bonds. The van der Waals surface area contributed by atoms with E-state index < -0.39 is 17.2 Å². The highest BCUT2D eigenvalue weighted by Gasteiger charge is 2.16. The number of carbonyl (C=O) groups is 1. The zero-order chi connectivity index (χ0) is 16.4. The number of aryl methyl sites for hydroxylation is 1. The van der Waals surface area contributed by atoms with E-state index in [2.05, 4.69) is 15.4 Å². The molecule has 1 aromatic carbocycles. The molecule has 0 aliphatic carbocycles. The predicted molar refractivity (Wildman–Crippen MR) is 81.5 cm³/mol. The van der Waals surface area contributed by atoms with Gasteiger partial charge in [0.2, 0.25) is 5.43 Å². The van der Waals surface area contributed by atoms with E-state index in [4.69, 9.17) is 0 Å². The van der Waals surface area contributed by atoms with Gasteiger partial charge < -0.3 is 9.88 Å². The molecular weight excluding hydrogens is 301 g/mol. The van der Waals surface area contributed by atoms with Gasteiger partial charge >= 0.3 is 0 Å². The normalized spacial score (nSPS) is 10.9. The van der Waals surface area contributed by atoms with Crippen LogP contribution in [0.3, 0.4) is 0 Å². The fraction of sp³-hybridized carbons (Fsp3) is 0.200. The van der Waals surface area contributed by atoms with E-state index in [-0.39, 0.29) is 11.1 Å². The Balaban J connectivity index is 1.85. The van der Waals surface area contributed by atoms with Gasteiger partial charge in [-0.15, -0.1) is 0 Å². The second-order valence-corrected chi connectivity index (χ2v) is 5.02. The van der Waals surface area contributed by atoms with Gasteiger partial charge in [-0.1, -0.05) is 0 Å². The SMILES string of the molecule is Cn1nc(C(=O)NCCn2ccnc2)c(=O)c2cc(F)ccc21. The summed E-state index contributed by atoms with van der Waals surface area (Å²) in [5, 5.41) is 6.75. The van der Waals surface area contributed by atoms with Gasteiger partial charge in [-0.25, -0.2) is 9.37 Å². The van der Waals surface area contributed by atoms with Crippen LogP contribution in [0.15, 0.2) is 41.7 Å². The molecule has 3 rings (SSSR count). The van der Waals surface area contributed by atoms with E-state index in [0.29, 0.717) is 18.6 Å². The maximum Gasteiger partial charge on any atom is 0.275 e. The van der Waals surface area contributed by atoms with E-state index >= 15 is 0 Å². The molecule has 2 heterocycles. The number of halogens is 1. The van der Waals surface area contributed by atoms with Crippen LogP contribution in [0.25, 0.3) is 10.9 Å². The molecule has 2 aromatic heterocycles. The summed E-state index contributed by atoms with van der Waals surface area (Å²) in [6.45, 7) is 0.843. The molecule has 0 fully saturated rings. The van der Waals surface area contributed by atoms with Crippen LogP contribution in [-0.4, -0.2) is 31.8 Å². The highest BCUT2D eigenvalue weighted by atomic mass is 19.1. The first-order valence-electron chi connectivity index (χ1n) is 6.97. The number of benzene rings is 1. The number of fused-ring (bicyclic) bond motifs is 1. The molecular formula is C15H14FN5O2. The van der Waals surface area contributed by atoms with Crippen LogP contribution in [0.4, 0.5) is 4.39 Å². The molecule has 118 valence electrons. The topological polar surface area (TPSA) is 81.8 Å². The zero-order valence-electron chi connectivity index (χ0n) is 12.4. The summed E-state index contributed by atoms with van der Waals surface area (Å²) < 4.78 is 16.5. The first-order chi connectivity index (χ1) is 11.1. The van der Waals surface area contributed by atoms with Gasteiger partial charge in [0.1, 0.15) is 5.82 Å². The fourth-order valence-electron chi connectivity index (χ4n) is 2.30. The number of amides is 1. The highest BCUT2D eigenvalue weighted by molar-refractivity contribution is 5.95. The Labute approximate surface area is 130 Å². The third-order valence-electron chi connectivity index (χ3n) is 3.45. The fourth-order valence-corrected chi connectivity index (χ4v) is 2.30. The Morgan fingerprint density at radius 1 is 1.39 bits per heavy atom. The minimum absolute atomic E-state index is 0.127. The van der Waals surface area contributed by atoms with Crippen LogP contribution >= 0.6 is 0 Å². The molecule has 8 heteroatoms. The number of aromatic nitrogens is 4. The molecule has 0 bridgehead atoms. The van der Waals surface area contributed by atoms with Gasteiger partial charge in [-0.05, 0) is 18.2 Å². The van der Waals surface area contributed by atoms with E-state index in [0.717, 1.165) is 6.07 Å². The standard InChI is InChI=1S/C15H14FN5O2/c1-20-12-3-2-10(16)8-11(12)14(22)13(19-20)15(23)18-5-7-21-6-4-17-9-21/h2-4,6,8-9H,5,7H2,1H3,(H,18,23). The summed E-state index contributed by atoms with van der Waals surface area (Å²) >= 11 is 0. The smallest absolute Gasteiger partial charge is 0.275 e. The number of hydrogen-bond donors (Lipinski definition) is 1. The molecule has 1 N–H and O–H groups in total. The zero-order valence-corrected chi connectivity index (χ0v) is 12.4. The Morgan fingerprint density at radius 3 is 2.96 bits per heavy atom. The lowest BCUT2D eigenvalue weighted by molar-refractivity contribution is 0.0944. The van der Waals surface area contributed by atoms with Crippen LogP contribution in [-0.2, 0) is 13.6 Å². The van der Waals surface area contributed by atoms with Crippen molar-refractivity contribution in [3.05, 3.63) is 58.7 Å². The number of nitrogens with one attached hydrogen (secondary N) is 1. The Morgan fingerprint density at radius 2 is 2.22 bits per heavy atom. The third-order valence-corrected chi connectivity index (χ3v) is 3.45. The molecule has 0 radical (unpaired) electrons. The van der Waals surface area contributed by atoms with Crippen LogP contribution in [0.2, 0.25) is 0 Å². The summed E-state index contributed by atoms with van der Waals surface area (Å²) in [7, 11) is 1.60. The number of nitrogens with zero attached hydrogens (tertiary/aromatic N) is 4. The van der Waals surface area contributed by atoms with Crippen molar-refractivity contribution in [3.63, 3.8) is 0 Å². The largest absolute Gasteiger partial charge is 0.349 e. The number of rotatable bonds is 4. The van der Waals surface area contributed by atoms with E-state index in [1.807, 2.05) is 0 Å².